The van der Waals surface area contributed by atoms with E-state index in [0.29, 0.717) is 56.6 Å². The van der Waals surface area contributed by atoms with E-state index in [2.05, 4.69) is 20.9 Å². The summed E-state index contributed by atoms with van der Waals surface area (Å²) in [5, 5.41) is 9.60. The third kappa shape index (κ3) is 10.1. The molecular formula is C32H46N8O5. The minimum absolute atomic E-state index is 0.0997. The molecule has 0 spiro atoms. The highest BCUT2D eigenvalue weighted by Crippen LogP contribution is 2.43. The zero-order chi connectivity index (χ0) is 32.3. The van der Waals surface area contributed by atoms with Crippen molar-refractivity contribution < 1.29 is 23.9 Å². The number of rotatable bonds is 16. The molecule has 1 saturated heterocycles. The third-order valence-corrected chi connectivity index (χ3v) is 7.71. The van der Waals surface area contributed by atoms with Crippen molar-refractivity contribution >= 4 is 35.0 Å². The molecule has 45 heavy (non-hydrogen) atoms. The van der Waals surface area contributed by atoms with Gasteiger partial charge in [-0.05, 0) is 65.3 Å². The number of nitrogens with two attached hydrogens (primary N) is 1. The van der Waals surface area contributed by atoms with Gasteiger partial charge in [-0.1, -0.05) is 12.1 Å². The van der Waals surface area contributed by atoms with Crippen LogP contribution in [-0.4, -0.2) is 104 Å². The van der Waals surface area contributed by atoms with Crippen molar-refractivity contribution in [2.45, 2.75) is 57.0 Å². The molecule has 13 nitrogen and oxygen atoms in total. The van der Waals surface area contributed by atoms with Gasteiger partial charge in [0.25, 0.3) is 5.91 Å². The van der Waals surface area contributed by atoms with Crippen molar-refractivity contribution in [3.8, 4) is 5.75 Å². The van der Waals surface area contributed by atoms with Crippen LogP contribution >= 0.6 is 0 Å². The Morgan fingerprint density at radius 1 is 1.11 bits per heavy atom. The van der Waals surface area contributed by atoms with Crippen LogP contribution < -0.4 is 26.4 Å². The van der Waals surface area contributed by atoms with Crippen LogP contribution in [0.3, 0.4) is 0 Å². The molecule has 4 rings (SSSR count). The van der Waals surface area contributed by atoms with E-state index in [0.717, 1.165) is 31.4 Å². The highest BCUT2D eigenvalue weighted by atomic mass is 16.5. The van der Waals surface area contributed by atoms with Gasteiger partial charge in [0, 0.05) is 63.1 Å². The Kier molecular flexibility index (Phi) is 12.1. The normalized spacial score (nSPS) is 15.9. The molecular weight excluding hydrogens is 576 g/mol. The smallest absolute Gasteiger partial charge is 0.271 e. The average Bonchev–Trinajstić information content (AvgIpc) is 3.86. The molecule has 0 radical (unpaired) electrons. The van der Waals surface area contributed by atoms with Gasteiger partial charge in [0.1, 0.15) is 11.8 Å². The van der Waals surface area contributed by atoms with Gasteiger partial charge in [-0.2, -0.15) is 0 Å². The van der Waals surface area contributed by atoms with Gasteiger partial charge in [-0.25, -0.2) is 9.97 Å². The highest BCUT2D eigenvalue weighted by molar-refractivity contribution is 5.96. The van der Waals surface area contributed by atoms with Crippen LogP contribution in [0.25, 0.3) is 0 Å². The highest BCUT2D eigenvalue weighted by Gasteiger charge is 2.32. The maximum atomic E-state index is 12.6. The summed E-state index contributed by atoms with van der Waals surface area (Å²) in [5.41, 5.74) is 7.27. The lowest BCUT2D eigenvalue weighted by molar-refractivity contribution is -0.135. The van der Waals surface area contributed by atoms with E-state index in [1.54, 1.807) is 26.1 Å². The first-order chi connectivity index (χ1) is 21.6. The Balaban J connectivity index is 1.30. The summed E-state index contributed by atoms with van der Waals surface area (Å²) in [6, 6.07) is 6.92. The molecule has 0 unspecified atom stereocenters. The molecule has 2 fully saturated rings. The summed E-state index contributed by atoms with van der Waals surface area (Å²) < 4.78 is 11.4. The SMILES string of the molecule is C[C@@H](C(=O)NCCCOc1cccc(Nc2nc(NC3CCOCC3)c(C3CC3)nc2C(N)=O)c1)N(C)C(=O)/C=C/CN(C)C. The summed E-state index contributed by atoms with van der Waals surface area (Å²) in [4.78, 5) is 50.1. The maximum absolute atomic E-state index is 12.6. The number of carbonyl (C=O) groups is 3. The number of hydrogen-bond donors (Lipinski definition) is 4. The summed E-state index contributed by atoms with van der Waals surface area (Å²) in [7, 11) is 5.44. The van der Waals surface area contributed by atoms with Crippen molar-refractivity contribution in [1.82, 2.24) is 25.1 Å². The second kappa shape index (κ2) is 16.2. The summed E-state index contributed by atoms with van der Waals surface area (Å²) >= 11 is 0. The number of hydrogen-bond acceptors (Lipinski definition) is 10. The summed E-state index contributed by atoms with van der Waals surface area (Å²) in [5.74, 6) is 0.737. The van der Waals surface area contributed by atoms with Gasteiger partial charge in [0.2, 0.25) is 11.8 Å². The van der Waals surface area contributed by atoms with E-state index in [9.17, 15) is 14.4 Å². The van der Waals surface area contributed by atoms with Crippen LogP contribution in [0.4, 0.5) is 17.3 Å². The molecule has 3 amide bonds. The van der Waals surface area contributed by atoms with Crippen LogP contribution in [0.1, 0.15) is 61.1 Å². The molecule has 244 valence electrons. The topological polar surface area (TPSA) is 164 Å². The first kappa shape index (κ1) is 33.7. The van der Waals surface area contributed by atoms with Gasteiger partial charge < -0.3 is 41.0 Å². The van der Waals surface area contributed by atoms with Gasteiger partial charge in [-0.3, -0.25) is 14.4 Å². The number of ether oxygens (including phenoxy) is 2. The van der Waals surface area contributed by atoms with Gasteiger partial charge in [0.05, 0.1) is 12.3 Å². The summed E-state index contributed by atoms with van der Waals surface area (Å²) in [6.07, 6.45) is 7.58. The second-order valence-corrected chi connectivity index (χ2v) is 11.8. The van der Waals surface area contributed by atoms with Crippen molar-refractivity contribution in [1.29, 1.82) is 0 Å². The minimum Gasteiger partial charge on any atom is -0.493 e. The number of anilines is 3. The van der Waals surface area contributed by atoms with E-state index >= 15 is 0 Å². The maximum Gasteiger partial charge on any atom is 0.271 e. The standard InChI is InChI=1S/C32H46N8O5/c1-21(40(4)26(41)10-6-16-39(2)3)32(43)34-15-7-17-45-25-9-5-8-24(20-25)36-31-28(29(33)42)37-27(22-11-12-22)30(38-31)35-23-13-18-44-19-14-23/h5-6,8-10,20-23H,7,11-19H2,1-4H3,(H2,33,42)(H,34,43)(H2,35,36,38)/b10-6+/t21-/m0/s1. The van der Waals surface area contributed by atoms with Gasteiger partial charge >= 0.3 is 0 Å². The fourth-order valence-corrected chi connectivity index (χ4v) is 4.76. The molecule has 1 atom stereocenters. The molecule has 1 aromatic heterocycles. The lowest BCUT2D eigenvalue weighted by Gasteiger charge is -2.25. The third-order valence-electron chi connectivity index (χ3n) is 7.71. The quantitative estimate of drug-likeness (QED) is 0.162. The number of carbonyl (C=O) groups excluding carboxylic acids is 3. The molecule has 2 heterocycles. The fourth-order valence-electron chi connectivity index (χ4n) is 4.76. The fraction of sp³-hybridized carbons (Fsp3) is 0.531. The Bertz CT molecular complexity index is 1360. The molecule has 1 aliphatic carbocycles. The Hall–Kier alpha value is -4.23. The second-order valence-electron chi connectivity index (χ2n) is 11.8. The predicted octanol–water partition coefficient (Wildman–Crippen LogP) is 2.64. The van der Waals surface area contributed by atoms with E-state index in [-0.39, 0.29) is 35.3 Å². The van der Waals surface area contributed by atoms with Crippen molar-refractivity contribution in [2.75, 3.05) is 64.7 Å². The van der Waals surface area contributed by atoms with Crippen LogP contribution in [-0.2, 0) is 14.3 Å². The molecule has 0 bridgehead atoms. The molecule has 1 saturated carbocycles. The zero-order valence-corrected chi connectivity index (χ0v) is 26.7. The predicted molar refractivity (Wildman–Crippen MR) is 173 cm³/mol. The number of primary amides is 1. The average molecular weight is 623 g/mol. The number of amides is 3. The van der Waals surface area contributed by atoms with Crippen LogP contribution in [0, 0.1) is 0 Å². The van der Waals surface area contributed by atoms with Crippen LogP contribution in [0.2, 0.25) is 0 Å². The largest absolute Gasteiger partial charge is 0.493 e. The first-order valence-corrected chi connectivity index (χ1v) is 15.5. The molecule has 2 aromatic rings. The van der Waals surface area contributed by atoms with E-state index in [1.807, 2.05) is 37.2 Å². The van der Waals surface area contributed by atoms with Gasteiger partial charge in [0.15, 0.2) is 17.3 Å². The molecule has 1 aromatic carbocycles. The number of nitrogens with zero attached hydrogens (tertiary/aromatic N) is 4. The van der Waals surface area contributed by atoms with Crippen molar-refractivity contribution in [3.63, 3.8) is 0 Å². The number of likely N-dealkylation sites (N-methyl/N-ethyl adjacent to an activating group) is 2. The monoisotopic (exact) mass is 622 g/mol. The first-order valence-electron chi connectivity index (χ1n) is 15.5. The van der Waals surface area contributed by atoms with E-state index < -0.39 is 11.9 Å². The van der Waals surface area contributed by atoms with Gasteiger partial charge in [-0.15, -0.1) is 0 Å². The molecule has 1 aliphatic heterocycles. The lowest BCUT2D eigenvalue weighted by Crippen LogP contribution is -2.45. The minimum atomic E-state index is -0.648. The Labute approximate surface area is 264 Å². The van der Waals surface area contributed by atoms with Crippen LogP contribution in [0.5, 0.6) is 5.75 Å². The van der Waals surface area contributed by atoms with E-state index in [4.69, 9.17) is 20.2 Å². The molecule has 2 aliphatic rings. The van der Waals surface area contributed by atoms with Crippen molar-refractivity contribution in [3.05, 3.63) is 47.8 Å². The number of nitrogens with one attached hydrogen (secondary N) is 3. The number of aromatic nitrogens is 2. The molecule has 5 N–H and O–H groups in total. The zero-order valence-electron chi connectivity index (χ0n) is 26.7. The summed E-state index contributed by atoms with van der Waals surface area (Å²) in [6.45, 7) is 4.49. The lowest BCUT2D eigenvalue weighted by atomic mass is 10.1. The molecule has 13 heteroatoms. The van der Waals surface area contributed by atoms with Crippen LogP contribution in [0.15, 0.2) is 36.4 Å². The Morgan fingerprint density at radius 2 is 1.87 bits per heavy atom. The number of benzene rings is 1. The van der Waals surface area contributed by atoms with Crippen molar-refractivity contribution in [2.24, 2.45) is 5.73 Å². The van der Waals surface area contributed by atoms with E-state index in [1.165, 1.54) is 11.0 Å². The Morgan fingerprint density at radius 3 is 2.56 bits per heavy atom.